The van der Waals surface area contributed by atoms with E-state index in [1.165, 1.54) is 0 Å². The molecule has 2 N–H and O–H groups in total. The fraction of sp³-hybridized carbons (Fsp3) is 0.222. The van der Waals surface area contributed by atoms with E-state index in [4.69, 9.17) is 0 Å². The van der Waals surface area contributed by atoms with Gasteiger partial charge in [0.05, 0.1) is 5.71 Å². The van der Waals surface area contributed by atoms with Crippen LogP contribution in [0.25, 0.3) is 0 Å². The number of nitrogens with one attached hydrogen (secondary N) is 1. The largest absolute Gasteiger partial charge is 0.507 e. The molecule has 0 bridgehead atoms. The number of phenolic OH excluding ortho intramolecular Hbond substituents is 1. The molecule has 2 rings (SSSR count). The molecule has 0 spiro atoms. The van der Waals surface area contributed by atoms with Gasteiger partial charge in [-0.1, -0.05) is 36.2 Å². The zero-order chi connectivity index (χ0) is 16.1. The first-order valence-electron chi connectivity index (χ1n) is 7.25. The third-order valence-electron chi connectivity index (χ3n) is 3.40. The predicted octanol–water partition coefficient (Wildman–Crippen LogP) is 3.55. The summed E-state index contributed by atoms with van der Waals surface area (Å²) in [5.74, 6) is -0.103. The summed E-state index contributed by atoms with van der Waals surface area (Å²) in [5.41, 5.74) is 6.51. The van der Waals surface area contributed by atoms with E-state index < -0.39 is 0 Å². The lowest BCUT2D eigenvalue weighted by Crippen LogP contribution is -2.20. The van der Waals surface area contributed by atoms with Gasteiger partial charge in [-0.2, -0.15) is 5.10 Å². The molecule has 0 unspecified atom stereocenters. The van der Waals surface area contributed by atoms with E-state index >= 15 is 0 Å². The van der Waals surface area contributed by atoms with E-state index in [0.29, 0.717) is 23.3 Å². The van der Waals surface area contributed by atoms with E-state index in [-0.39, 0.29) is 11.7 Å². The van der Waals surface area contributed by atoms with E-state index in [9.17, 15) is 9.90 Å². The van der Waals surface area contributed by atoms with E-state index in [1.807, 2.05) is 45.0 Å². The number of benzene rings is 2. The number of aromatic hydroxyl groups is 1. The Bertz CT molecular complexity index is 704. The summed E-state index contributed by atoms with van der Waals surface area (Å²) < 4.78 is 0. The van der Waals surface area contributed by atoms with Crippen molar-refractivity contribution in [3.63, 3.8) is 0 Å². The van der Waals surface area contributed by atoms with Crippen LogP contribution in [0.5, 0.6) is 5.75 Å². The van der Waals surface area contributed by atoms with Crippen molar-refractivity contribution in [2.45, 2.75) is 27.2 Å². The first kappa shape index (κ1) is 15.8. The van der Waals surface area contributed by atoms with Crippen molar-refractivity contribution in [1.29, 1.82) is 0 Å². The maximum absolute atomic E-state index is 12.1. The third kappa shape index (κ3) is 3.73. The van der Waals surface area contributed by atoms with Gasteiger partial charge in [0.15, 0.2) is 0 Å². The van der Waals surface area contributed by atoms with Crippen LogP contribution in [0, 0.1) is 13.8 Å². The Morgan fingerprint density at radius 3 is 2.36 bits per heavy atom. The second-order valence-electron chi connectivity index (χ2n) is 5.24. The van der Waals surface area contributed by atoms with Gasteiger partial charge in [-0.05, 0) is 44.5 Å². The highest BCUT2D eigenvalue weighted by Crippen LogP contribution is 2.20. The van der Waals surface area contributed by atoms with E-state index in [0.717, 1.165) is 11.1 Å². The van der Waals surface area contributed by atoms with Gasteiger partial charge in [0, 0.05) is 11.1 Å². The Labute approximate surface area is 130 Å². The number of hydrogen-bond donors (Lipinski definition) is 2. The number of carbonyl (C=O) groups excluding carboxylic acids is 1. The van der Waals surface area contributed by atoms with Gasteiger partial charge in [-0.3, -0.25) is 4.79 Å². The standard InChI is InChI=1S/C18H20N2O2/c1-4-16(15-11-13(3)7-10-17(15)21)19-20-18(22)14-8-5-12(2)6-9-14/h5-11,21H,4H2,1-3H3,(H,20,22)/b19-16+. The fourth-order valence-corrected chi connectivity index (χ4v) is 2.10. The molecule has 0 radical (unpaired) electrons. The molecule has 0 fully saturated rings. The topological polar surface area (TPSA) is 61.7 Å². The van der Waals surface area contributed by atoms with Crippen molar-refractivity contribution in [3.8, 4) is 5.75 Å². The third-order valence-corrected chi connectivity index (χ3v) is 3.40. The predicted molar refractivity (Wildman–Crippen MR) is 88.3 cm³/mol. The van der Waals surface area contributed by atoms with Crippen LogP contribution >= 0.6 is 0 Å². The van der Waals surface area contributed by atoms with Crippen molar-refractivity contribution >= 4 is 11.6 Å². The number of carbonyl (C=O) groups is 1. The molecule has 0 aromatic heterocycles. The molecule has 0 aliphatic carbocycles. The Morgan fingerprint density at radius 1 is 1.09 bits per heavy atom. The van der Waals surface area contributed by atoms with E-state index in [1.54, 1.807) is 18.2 Å². The van der Waals surface area contributed by atoms with Crippen LogP contribution in [0.2, 0.25) is 0 Å². The second-order valence-corrected chi connectivity index (χ2v) is 5.24. The molecule has 4 heteroatoms. The molecule has 1 amide bonds. The highest BCUT2D eigenvalue weighted by atomic mass is 16.3. The zero-order valence-electron chi connectivity index (χ0n) is 13.1. The Balaban J connectivity index is 2.20. The quantitative estimate of drug-likeness (QED) is 0.669. The van der Waals surface area contributed by atoms with Crippen LogP contribution < -0.4 is 5.43 Å². The van der Waals surface area contributed by atoms with Crippen LogP contribution in [0.4, 0.5) is 0 Å². The SMILES string of the molecule is CC/C(=N\NC(=O)c1ccc(C)cc1)c1cc(C)ccc1O. The van der Waals surface area contributed by atoms with Gasteiger partial charge < -0.3 is 5.11 Å². The van der Waals surface area contributed by atoms with Crippen molar-refractivity contribution in [1.82, 2.24) is 5.43 Å². The highest BCUT2D eigenvalue weighted by Gasteiger charge is 2.09. The molecule has 0 saturated heterocycles. The van der Waals surface area contributed by atoms with Crippen molar-refractivity contribution in [2.75, 3.05) is 0 Å². The van der Waals surface area contributed by atoms with Crippen LogP contribution in [0.1, 0.15) is 40.4 Å². The molecule has 0 aliphatic rings. The van der Waals surface area contributed by atoms with Crippen LogP contribution in [0.3, 0.4) is 0 Å². The number of hydrogen-bond acceptors (Lipinski definition) is 3. The number of amides is 1. The maximum atomic E-state index is 12.1. The lowest BCUT2D eigenvalue weighted by atomic mass is 10.0. The summed E-state index contributed by atoms with van der Waals surface area (Å²) in [6.45, 7) is 5.84. The van der Waals surface area contributed by atoms with Gasteiger partial charge in [0.2, 0.25) is 0 Å². The van der Waals surface area contributed by atoms with Crippen LogP contribution in [-0.2, 0) is 0 Å². The molecule has 114 valence electrons. The monoisotopic (exact) mass is 296 g/mol. The Hall–Kier alpha value is -2.62. The van der Waals surface area contributed by atoms with Gasteiger partial charge >= 0.3 is 0 Å². The van der Waals surface area contributed by atoms with Crippen molar-refractivity contribution in [2.24, 2.45) is 5.10 Å². The summed E-state index contributed by atoms with van der Waals surface area (Å²) >= 11 is 0. The molecule has 4 nitrogen and oxygen atoms in total. The zero-order valence-corrected chi connectivity index (χ0v) is 13.1. The molecule has 0 aliphatic heterocycles. The molecule has 0 saturated carbocycles. The van der Waals surface area contributed by atoms with Crippen LogP contribution in [-0.4, -0.2) is 16.7 Å². The van der Waals surface area contributed by atoms with Crippen molar-refractivity contribution in [3.05, 3.63) is 64.7 Å². The summed E-state index contributed by atoms with van der Waals surface area (Å²) in [7, 11) is 0. The first-order valence-corrected chi connectivity index (χ1v) is 7.25. The fourth-order valence-electron chi connectivity index (χ4n) is 2.10. The molecular formula is C18H20N2O2. The highest BCUT2D eigenvalue weighted by molar-refractivity contribution is 6.04. The Morgan fingerprint density at radius 2 is 1.73 bits per heavy atom. The molecular weight excluding hydrogens is 276 g/mol. The molecule has 2 aromatic carbocycles. The smallest absolute Gasteiger partial charge is 0.271 e. The summed E-state index contributed by atoms with van der Waals surface area (Å²) in [5, 5.41) is 14.1. The molecule has 0 atom stereocenters. The summed E-state index contributed by atoms with van der Waals surface area (Å²) in [4.78, 5) is 12.1. The van der Waals surface area contributed by atoms with Gasteiger partial charge in [-0.25, -0.2) is 5.43 Å². The van der Waals surface area contributed by atoms with Gasteiger partial charge in [-0.15, -0.1) is 0 Å². The number of phenols is 1. The maximum Gasteiger partial charge on any atom is 0.271 e. The minimum Gasteiger partial charge on any atom is -0.507 e. The minimum absolute atomic E-state index is 0.163. The lowest BCUT2D eigenvalue weighted by Gasteiger charge is -2.08. The molecule has 0 heterocycles. The molecule has 22 heavy (non-hydrogen) atoms. The number of nitrogens with zero attached hydrogens (tertiary/aromatic N) is 1. The second kappa shape index (κ2) is 6.89. The average Bonchev–Trinajstić information content (AvgIpc) is 2.51. The molecule has 2 aromatic rings. The summed E-state index contributed by atoms with van der Waals surface area (Å²) in [6.07, 6.45) is 0.602. The number of aryl methyl sites for hydroxylation is 2. The number of hydrazone groups is 1. The minimum atomic E-state index is -0.266. The number of rotatable bonds is 4. The average molecular weight is 296 g/mol. The van der Waals surface area contributed by atoms with Gasteiger partial charge in [0.25, 0.3) is 5.91 Å². The van der Waals surface area contributed by atoms with Crippen molar-refractivity contribution < 1.29 is 9.90 Å². The lowest BCUT2D eigenvalue weighted by molar-refractivity contribution is 0.0955. The normalized spacial score (nSPS) is 11.3. The Kier molecular flexibility index (Phi) is 4.94. The van der Waals surface area contributed by atoms with E-state index in [2.05, 4.69) is 10.5 Å². The summed E-state index contributed by atoms with van der Waals surface area (Å²) in [6, 6.07) is 12.6. The van der Waals surface area contributed by atoms with Crippen LogP contribution in [0.15, 0.2) is 47.6 Å². The first-order chi connectivity index (χ1) is 10.5. The van der Waals surface area contributed by atoms with Gasteiger partial charge in [0.1, 0.15) is 5.75 Å².